The summed E-state index contributed by atoms with van der Waals surface area (Å²) >= 11 is 0. The van der Waals surface area contributed by atoms with Crippen molar-refractivity contribution in [3.05, 3.63) is 24.5 Å². The van der Waals surface area contributed by atoms with Crippen LogP contribution >= 0.6 is 0 Å². The van der Waals surface area contributed by atoms with Crippen LogP contribution in [0, 0.1) is 5.92 Å². The number of hydrogen-bond acceptors (Lipinski definition) is 5. The van der Waals surface area contributed by atoms with Crippen LogP contribution in [0.5, 0.6) is 0 Å². The average molecular weight is 331 g/mol. The lowest BCUT2D eigenvalue weighted by atomic mass is 9.96. The number of carbonyl (C=O) groups excluding carboxylic acids is 2. The molecule has 0 spiro atoms. The number of nitrogens with zero attached hydrogens (tertiary/aromatic N) is 4. The molecule has 0 aromatic carbocycles. The van der Waals surface area contributed by atoms with E-state index in [9.17, 15) is 9.59 Å². The third-order valence-corrected chi connectivity index (χ3v) is 4.85. The van der Waals surface area contributed by atoms with Gasteiger partial charge in [-0.05, 0) is 31.5 Å². The van der Waals surface area contributed by atoms with Gasteiger partial charge in [-0.1, -0.05) is 0 Å². The highest BCUT2D eigenvalue weighted by Gasteiger charge is 2.31. The van der Waals surface area contributed by atoms with Crippen molar-refractivity contribution in [1.29, 1.82) is 0 Å². The normalized spacial score (nSPS) is 22.4. The molecule has 3 rings (SSSR count). The lowest BCUT2D eigenvalue weighted by molar-refractivity contribution is -0.138. The molecule has 2 saturated heterocycles. The molecule has 130 valence electrons. The largest absolute Gasteiger partial charge is 0.369 e. The number of nitrogens with two attached hydrogens (primary N) is 1. The summed E-state index contributed by atoms with van der Waals surface area (Å²) in [6.45, 7) is 4.91. The Morgan fingerprint density at radius 2 is 1.83 bits per heavy atom. The molecule has 1 aromatic rings. The monoisotopic (exact) mass is 331 g/mol. The fourth-order valence-corrected chi connectivity index (χ4v) is 3.62. The number of hydrogen-bond donors (Lipinski definition) is 1. The minimum atomic E-state index is -0.325. The summed E-state index contributed by atoms with van der Waals surface area (Å²) in [4.78, 5) is 34.2. The maximum atomic E-state index is 12.8. The zero-order valence-electron chi connectivity index (χ0n) is 13.9. The van der Waals surface area contributed by atoms with E-state index in [0.29, 0.717) is 6.54 Å². The molecule has 0 saturated carbocycles. The van der Waals surface area contributed by atoms with E-state index in [2.05, 4.69) is 9.88 Å². The van der Waals surface area contributed by atoms with E-state index in [0.717, 1.165) is 51.3 Å². The maximum Gasteiger partial charge on any atom is 0.231 e. The Labute approximate surface area is 142 Å². The molecule has 3 heterocycles. The summed E-state index contributed by atoms with van der Waals surface area (Å²) in [5.41, 5.74) is 6.43. The first kappa shape index (κ1) is 16.7. The molecule has 2 aliphatic rings. The predicted molar refractivity (Wildman–Crippen MR) is 91.4 cm³/mol. The zero-order chi connectivity index (χ0) is 16.9. The third kappa shape index (κ3) is 4.03. The van der Waals surface area contributed by atoms with Crippen LogP contribution in [0.1, 0.15) is 12.8 Å². The molecule has 0 aliphatic carbocycles. The molecule has 7 nitrogen and oxygen atoms in total. The Bertz CT molecular complexity index is 572. The van der Waals surface area contributed by atoms with E-state index < -0.39 is 0 Å². The summed E-state index contributed by atoms with van der Waals surface area (Å²) in [7, 11) is 0. The highest BCUT2D eigenvalue weighted by atomic mass is 16.2. The van der Waals surface area contributed by atoms with Crippen LogP contribution < -0.4 is 10.6 Å². The van der Waals surface area contributed by atoms with Crippen molar-refractivity contribution in [2.24, 2.45) is 11.7 Å². The van der Waals surface area contributed by atoms with E-state index in [1.54, 1.807) is 12.4 Å². The van der Waals surface area contributed by atoms with Crippen molar-refractivity contribution in [3.63, 3.8) is 0 Å². The van der Waals surface area contributed by atoms with Gasteiger partial charge in [0, 0.05) is 50.8 Å². The van der Waals surface area contributed by atoms with Crippen LogP contribution in [0.4, 0.5) is 5.69 Å². The molecule has 0 radical (unpaired) electrons. The topological polar surface area (TPSA) is 82.8 Å². The maximum absolute atomic E-state index is 12.8. The van der Waals surface area contributed by atoms with Crippen LogP contribution in [-0.2, 0) is 9.59 Å². The van der Waals surface area contributed by atoms with Gasteiger partial charge in [0.05, 0.1) is 12.5 Å². The van der Waals surface area contributed by atoms with Gasteiger partial charge >= 0.3 is 0 Å². The second-order valence-electron chi connectivity index (χ2n) is 6.56. The molecule has 2 amide bonds. The molecule has 2 fully saturated rings. The van der Waals surface area contributed by atoms with Gasteiger partial charge in [-0.25, -0.2) is 0 Å². The molecule has 2 N–H and O–H groups in total. The second-order valence-corrected chi connectivity index (χ2v) is 6.56. The van der Waals surface area contributed by atoms with Gasteiger partial charge in [-0.3, -0.25) is 19.5 Å². The van der Waals surface area contributed by atoms with Crippen molar-refractivity contribution in [2.75, 3.05) is 50.7 Å². The number of piperazine rings is 1. The highest BCUT2D eigenvalue weighted by Crippen LogP contribution is 2.21. The van der Waals surface area contributed by atoms with E-state index in [4.69, 9.17) is 5.73 Å². The van der Waals surface area contributed by atoms with Crippen molar-refractivity contribution in [2.45, 2.75) is 12.8 Å². The lowest BCUT2D eigenvalue weighted by Crippen LogP contribution is -2.53. The quantitative estimate of drug-likeness (QED) is 0.835. The standard InChI is InChI=1S/C17H25N5O2/c18-16(23)13-20-7-1-2-14(12-20)17(24)22-10-8-21(9-11-22)15-3-5-19-6-4-15/h3-6,14H,1-2,7-13H2,(H2,18,23)/t14-/m1/s1. The number of pyridine rings is 1. The zero-order valence-corrected chi connectivity index (χ0v) is 13.9. The summed E-state index contributed by atoms with van der Waals surface area (Å²) in [5, 5.41) is 0. The van der Waals surface area contributed by atoms with Crippen molar-refractivity contribution >= 4 is 17.5 Å². The summed E-state index contributed by atoms with van der Waals surface area (Å²) in [5.74, 6) is -0.113. The molecule has 0 unspecified atom stereocenters. The summed E-state index contributed by atoms with van der Waals surface area (Å²) < 4.78 is 0. The number of likely N-dealkylation sites (tertiary alicyclic amines) is 1. The lowest BCUT2D eigenvalue weighted by Gasteiger charge is -2.39. The minimum Gasteiger partial charge on any atom is -0.369 e. The Morgan fingerprint density at radius 1 is 1.12 bits per heavy atom. The Kier molecular flexibility index (Phi) is 5.30. The van der Waals surface area contributed by atoms with Gasteiger partial charge in [0.15, 0.2) is 0 Å². The number of piperidine rings is 1. The van der Waals surface area contributed by atoms with E-state index in [-0.39, 0.29) is 24.3 Å². The van der Waals surface area contributed by atoms with Gasteiger partial charge in [-0.15, -0.1) is 0 Å². The Balaban J connectivity index is 1.52. The van der Waals surface area contributed by atoms with Crippen molar-refractivity contribution in [1.82, 2.24) is 14.8 Å². The highest BCUT2D eigenvalue weighted by molar-refractivity contribution is 5.80. The fourth-order valence-electron chi connectivity index (χ4n) is 3.62. The number of primary amides is 1. The second kappa shape index (κ2) is 7.61. The van der Waals surface area contributed by atoms with Gasteiger partial charge in [0.2, 0.25) is 11.8 Å². The van der Waals surface area contributed by atoms with E-state index in [1.807, 2.05) is 21.9 Å². The first-order valence-corrected chi connectivity index (χ1v) is 8.58. The minimum absolute atomic E-state index is 0.00873. The Morgan fingerprint density at radius 3 is 2.50 bits per heavy atom. The van der Waals surface area contributed by atoms with Crippen LogP contribution in [0.15, 0.2) is 24.5 Å². The number of amides is 2. The average Bonchev–Trinajstić information content (AvgIpc) is 2.62. The Hall–Kier alpha value is -2.15. The smallest absolute Gasteiger partial charge is 0.231 e. The summed E-state index contributed by atoms with van der Waals surface area (Å²) in [6, 6.07) is 4.00. The number of anilines is 1. The van der Waals surface area contributed by atoms with Gasteiger partial charge in [0.25, 0.3) is 0 Å². The predicted octanol–water partition coefficient (Wildman–Crippen LogP) is -0.0725. The number of rotatable bonds is 4. The van der Waals surface area contributed by atoms with Crippen LogP contribution in [0.3, 0.4) is 0 Å². The van der Waals surface area contributed by atoms with Crippen LogP contribution in [-0.4, -0.2) is 72.4 Å². The molecular weight excluding hydrogens is 306 g/mol. The van der Waals surface area contributed by atoms with Gasteiger partial charge in [0.1, 0.15) is 0 Å². The van der Waals surface area contributed by atoms with E-state index in [1.165, 1.54) is 0 Å². The molecule has 2 aliphatic heterocycles. The molecule has 0 bridgehead atoms. The SMILES string of the molecule is NC(=O)CN1CCC[C@@H](C(=O)N2CCN(c3ccncc3)CC2)C1. The molecular formula is C17H25N5O2. The third-order valence-electron chi connectivity index (χ3n) is 4.85. The molecule has 1 atom stereocenters. The molecule has 7 heteroatoms. The van der Waals surface area contributed by atoms with Crippen LogP contribution in [0.2, 0.25) is 0 Å². The van der Waals surface area contributed by atoms with Crippen LogP contribution in [0.25, 0.3) is 0 Å². The summed E-state index contributed by atoms with van der Waals surface area (Å²) in [6.07, 6.45) is 5.43. The first-order valence-electron chi connectivity index (χ1n) is 8.58. The molecule has 24 heavy (non-hydrogen) atoms. The number of aromatic nitrogens is 1. The van der Waals surface area contributed by atoms with Crippen molar-refractivity contribution in [3.8, 4) is 0 Å². The molecule has 1 aromatic heterocycles. The van der Waals surface area contributed by atoms with Crippen molar-refractivity contribution < 1.29 is 9.59 Å². The number of carbonyl (C=O) groups is 2. The first-order chi connectivity index (χ1) is 11.6. The van der Waals surface area contributed by atoms with E-state index >= 15 is 0 Å². The fraction of sp³-hybridized carbons (Fsp3) is 0.588. The van der Waals surface area contributed by atoms with Gasteiger partial charge in [-0.2, -0.15) is 0 Å². The van der Waals surface area contributed by atoms with Gasteiger partial charge < -0.3 is 15.5 Å².